The molecule has 116 valence electrons. The van der Waals surface area contributed by atoms with Gasteiger partial charge >= 0.3 is 0 Å². The fraction of sp³-hybridized carbons (Fsp3) is 0.688. The first-order valence-corrected chi connectivity index (χ1v) is 8.15. The van der Waals surface area contributed by atoms with Crippen LogP contribution in [0.5, 0.6) is 0 Å². The number of nitrogens with two attached hydrogens (primary N) is 1. The van der Waals surface area contributed by atoms with Gasteiger partial charge in [-0.25, -0.2) is 0 Å². The van der Waals surface area contributed by atoms with Gasteiger partial charge in [0.15, 0.2) is 0 Å². The monoisotopic (exact) mass is 290 g/mol. The van der Waals surface area contributed by atoms with Crippen LogP contribution < -0.4 is 11.3 Å². The van der Waals surface area contributed by atoms with Crippen LogP contribution in [0.3, 0.4) is 0 Å². The van der Waals surface area contributed by atoms with Crippen LogP contribution in [0.1, 0.15) is 25.7 Å². The van der Waals surface area contributed by atoms with E-state index in [2.05, 4.69) is 9.80 Å². The Morgan fingerprint density at radius 3 is 2.95 bits per heavy atom. The van der Waals surface area contributed by atoms with Crippen LogP contribution in [0.2, 0.25) is 0 Å². The maximum atomic E-state index is 11.7. The summed E-state index contributed by atoms with van der Waals surface area (Å²) in [6.07, 6.45) is 6.87. The molecule has 1 aromatic heterocycles. The Morgan fingerprint density at radius 1 is 1.14 bits per heavy atom. The van der Waals surface area contributed by atoms with E-state index < -0.39 is 0 Å². The van der Waals surface area contributed by atoms with Gasteiger partial charge < -0.3 is 15.2 Å². The highest BCUT2D eigenvalue weighted by molar-refractivity contribution is 5.33. The molecule has 0 bridgehead atoms. The molecule has 0 spiro atoms. The molecule has 2 fully saturated rings. The summed E-state index contributed by atoms with van der Waals surface area (Å²) in [7, 11) is 0. The molecular weight excluding hydrogens is 264 g/mol. The van der Waals surface area contributed by atoms with Gasteiger partial charge in [-0.3, -0.25) is 9.69 Å². The number of aryl methyl sites for hydroxylation is 1. The van der Waals surface area contributed by atoms with Crippen LogP contribution in [-0.4, -0.2) is 53.1 Å². The molecule has 1 unspecified atom stereocenters. The van der Waals surface area contributed by atoms with E-state index in [1.165, 1.54) is 45.4 Å². The molecule has 2 aliphatic heterocycles. The van der Waals surface area contributed by atoms with Crippen molar-refractivity contribution < 1.29 is 0 Å². The molecule has 0 aromatic carbocycles. The number of rotatable bonds is 4. The predicted molar refractivity (Wildman–Crippen MR) is 85.4 cm³/mol. The van der Waals surface area contributed by atoms with E-state index in [1.54, 1.807) is 22.9 Å². The normalized spacial score (nSPS) is 23.9. The average Bonchev–Trinajstić information content (AvgIpc) is 2.50. The number of hydrogen-bond acceptors (Lipinski definition) is 4. The minimum atomic E-state index is 0.0429. The second kappa shape index (κ2) is 6.62. The van der Waals surface area contributed by atoms with Crippen LogP contribution in [0.15, 0.2) is 23.1 Å². The third-order valence-electron chi connectivity index (χ3n) is 4.80. The van der Waals surface area contributed by atoms with Gasteiger partial charge in [0.2, 0.25) is 0 Å². The first kappa shape index (κ1) is 14.6. The highest BCUT2D eigenvalue weighted by Crippen LogP contribution is 2.21. The summed E-state index contributed by atoms with van der Waals surface area (Å²) in [6.45, 7) is 6.70. The molecule has 0 saturated carbocycles. The third-order valence-corrected chi connectivity index (χ3v) is 4.80. The van der Waals surface area contributed by atoms with Crippen molar-refractivity contribution in [3.05, 3.63) is 28.7 Å². The van der Waals surface area contributed by atoms with Gasteiger partial charge in [-0.05, 0) is 38.4 Å². The Balaban J connectivity index is 1.47. The summed E-state index contributed by atoms with van der Waals surface area (Å²) in [6, 6.07) is 3.99. The van der Waals surface area contributed by atoms with Crippen LogP contribution in [0.25, 0.3) is 0 Å². The summed E-state index contributed by atoms with van der Waals surface area (Å²) < 4.78 is 1.73. The molecule has 5 heteroatoms. The second-order valence-electron chi connectivity index (χ2n) is 6.33. The third kappa shape index (κ3) is 3.66. The minimum Gasteiger partial charge on any atom is -0.398 e. The van der Waals surface area contributed by atoms with E-state index >= 15 is 0 Å². The zero-order valence-corrected chi connectivity index (χ0v) is 12.7. The summed E-state index contributed by atoms with van der Waals surface area (Å²) in [5.74, 6) is 0. The minimum absolute atomic E-state index is 0.0429. The number of pyridine rings is 1. The maximum absolute atomic E-state index is 11.7. The molecule has 0 aliphatic carbocycles. The number of aromatic nitrogens is 1. The summed E-state index contributed by atoms with van der Waals surface area (Å²) >= 11 is 0. The Bertz CT molecular complexity index is 527. The number of piperidine rings is 1. The van der Waals surface area contributed by atoms with Crippen molar-refractivity contribution in [3.63, 3.8) is 0 Å². The number of nitrogens with zero attached hydrogens (tertiary/aromatic N) is 3. The molecule has 2 N–H and O–H groups in total. The van der Waals surface area contributed by atoms with Crippen molar-refractivity contribution in [3.8, 4) is 0 Å². The van der Waals surface area contributed by atoms with Crippen molar-refractivity contribution in [2.75, 3.05) is 38.5 Å². The van der Waals surface area contributed by atoms with Crippen LogP contribution >= 0.6 is 0 Å². The molecule has 0 radical (unpaired) electrons. The van der Waals surface area contributed by atoms with E-state index in [4.69, 9.17) is 5.73 Å². The van der Waals surface area contributed by atoms with Gasteiger partial charge in [0.1, 0.15) is 0 Å². The highest BCUT2D eigenvalue weighted by Gasteiger charge is 2.28. The molecule has 1 aromatic rings. The largest absolute Gasteiger partial charge is 0.398 e. The standard InChI is InChI=1S/C16H26N4O/c17-14-5-6-16(21)20(12-14)9-3-7-18-10-11-19-8-2-1-4-15(19)13-18/h5-6,12,15H,1-4,7-11,13,17H2. The van der Waals surface area contributed by atoms with Crippen LogP contribution in [-0.2, 0) is 6.54 Å². The van der Waals surface area contributed by atoms with Crippen LogP contribution in [0.4, 0.5) is 5.69 Å². The highest BCUT2D eigenvalue weighted by atomic mass is 16.1. The fourth-order valence-electron chi connectivity index (χ4n) is 3.61. The smallest absolute Gasteiger partial charge is 0.250 e. The Labute approximate surface area is 126 Å². The molecule has 1 atom stereocenters. The van der Waals surface area contributed by atoms with Gasteiger partial charge in [0, 0.05) is 50.2 Å². The van der Waals surface area contributed by atoms with Gasteiger partial charge in [-0.2, -0.15) is 0 Å². The van der Waals surface area contributed by atoms with E-state index in [1.807, 2.05) is 0 Å². The van der Waals surface area contributed by atoms with Crippen molar-refractivity contribution in [1.82, 2.24) is 14.4 Å². The van der Waals surface area contributed by atoms with E-state index in [0.717, 1.165) is 25.6 Å². The molecule has 21 heavy (non-hydrogen) atoms. The Morgan fingerprint density at radius 2 is 2.05 bits per heavy atom. The molecular formula is C16H26N4O. The van der Waals surface area contributed by atoms with Crippen molar-refractivity contribution in [2.24, 2.45) is 0 Å². The Hall–Kier alpha value is -1.33. The molecule has 2 saturated heterocycles. The lowest BCUT2D eigenvalue weighted by Crippen LogP contribution is -2.54. The quantitative estimate of drug-likeness (QED) is 0.898. The lowest BCUT2D eigenvalue weighted by atomic mass is 9.99. The summed E-state index contributed by atoms with van der Waals surface area (Å²) in [4.78, 5) is 16.9. The Kier molecular flexibility index (Phi) is 4.60. The summed E-state index contributed by atoms with van der Waals surface area (Å²) in [5, 5.41) is 0. The zero-order chi connectivity index (χ0) is 14.7. The van der Waals surface area contributed by atoms with Crippen molar-refractivity contribution in [1.29, 1.82) is 0 Å². The molecule has 0 amide bonds. The summed E-state index contributed by atoms with van der Waals surface area (Å²) in [5.41, 5.74) is 6.44. The first-order chi connectivity index (χ1) is 10.2. The van der Waals surface area contributed by atoms with Gasteiger partial charge in [0.05, 0.1) is 0 Å². The van der Waals surface area contributed by atoms with Crippen molar-refractivity contribution >= 4 is 5.69 Å². The van der Waals surface area contributed by atoms with Gasteiger partial charge in [-0.15, -0.1) is 0 Å². The molecule has 3 rings (SSSR count). The van der Waals surface area contributed by atoms with E-state index in [9.17, 15) is 4.79 Å². The van der Waals surface area contributed by atoms with E-state index in [-0.39, 0.29) is 5.56 Å². The number of piperazine rings is 1. The zero-order valence-electron chi connectivity index (χ0n) is 12.7. The average molecular weight is 290 g/mol. The topological polar surface area (TPSA) is 54.5 Å². The van der Waals surface area contributed by atoms with E-state index in [0.29, 0.717) is 5.69 Å². The lowest BCUT2D eigenvalue weighted by Gasteiger charge is -2.44. The van der Waals surface area contributed by atoms with Gasteiger partial charge in [0.25, 0.3) is 5.56 Å². The lowest BCUT2D eigenvalue weighted by molar-refractivity contribution is 0.0484. The number of anilines is 1. The molecule has 3 heterocycles. The predicted octanol–water partition coefficient (Wildman–Crippen LogP) is 0.991. The maximum Gasteiger partial charge on any atom is 0.250 e. The fourth-order valence-corrected chi connectivity index (χ4v) is 3.61. The SMILES string of the molecule is Nc1ccc(=O)n(CCCN2CCN3CCCCC3C2)c1. The first-order valence-electron chi connectivity index (χ1n) is 8.15. The second-order valence-corrected chi connectivity index (χ2v) is 6.33. The van der Waals surface area contributed by atoms with Gasteiger partial charge in [-0.1, -0.05) is 6.42 Å². The van der Waals surface area contributed by atoms with Crippen molar-refractivity contribution in [2.45, 2.75) is 38.3 Å². The molecule has 2 aliphatic rings. The number of fused-ring (bicyclic) bond motifs is 1. The number of nitrogen functional groups attached to an aromatic ring is 1. The van der Waals surface area contributed by atoms with Crippen LogP contribution in [0, 0.1) is 0 Å². The molecule has 5 nitrogen and oxygen atoms in total. The number of hydrogen-bond donors (Lipinski definition) is 1.